The van der Waals surface area contributed by atoms with E-state index in [4.69, 9.17) is 4.42 Å². The van der Waals surface area contributed by atoms with Crippen molar-refractivity contribution in [3.05, 3.63) is 35.3 Å². The number of amides is 2. The molecule has 2 aliphatic rings. The van der Waals surface area contributed by atoms with Gasteiger partial charge in [0.15, 0.2) is 5.76 Å². The molecule has 0 unspecified atom stereocenters. The number of nitrogens with zero attached hydrogens (tertiary/aromatic N) is 2. The van der Waals surface area contributed by atoms with Gasteiger partial charge in [0.05, 0.1) is 18.1 Å². The summed E-state index contributed by atoms with van der Waals surface area (Å²) in [6.07, 6.45) is 2.38. The fourth-order valence-electron chi connectivity index (χ4n) is 3.73. The van der Waals surface area contributed by atoms with E-state index >= 15 is 0 Å². The number of hydrogen-bond acceptors (Lipinski definition) is 4. The van der Waals surface area contributed by atoms with E-state index < -0.39 is 17.8 Å². The highest BCUT2D eigenvalue weighted by Crippen LogP contribution is 2.35. The molecule has 1 aliphatic carbocycles. The van der Waals surface area contributed by atoms with Gasteiger partial charge in [-0.3, -0.25) is 14.4 Å². The lowest BCUT2D eigenvalue weighted by atomic mass is 9.76. The zero-order chi connectivity index (χ0) is 18.8. The van der Waals surface area contributed by atoms with Crippen LogP contribution in [0.4, 0.5) is 0 Å². The minimum atomic E-state index is -0.915. The second kappa shape index (κ2) is 7.35. The number of hydrogen-bond donors (Lipinski definition) is 1. The number of carboxylic acids is 1. The van der Waals surface area contributed by atoms with Crippen LogP contribution >= 0.6 is 0 Å². The fourth-order valence-corrected chi connectivity index (χ4v) is 3.73. The molecule has 1 N–H and O–H groups in total. The average molecular weight is 360 g/mol. The molecule has 1 aliphatic heterocycles. The number of rotatable bonds is 3. The topological polar surface area (TPSA) is 91.1 Å². The van der Waals surface area contributed by atoms with E-state index in [1.165, 1.54) is 6.26 Å². The number of carbonyl (C=O) groups is 3. The highest BCUT2D eigenvalue weighted by Gasteiger charge is 2.40. The first-order valence-corrected chi connectivity index (χ1v) is 8.88. The Hall–Kier alpha value is -2.57. The van der Waals surface area contributed by atoms with Crippen molar-refractivity contribution in [2.45, 2.75) is 26.7 Å². The van der Waals surface area contributed by atoms with Crippen LogP contribution in [0, 0.1) is 11.8 Å². The summed E-state index contributed by atoms with van der Waals surface area (Å²) < 4.78 is 5.14. The summed E-state index contributed by atoms with van der Waals surface area (Å²) in [6, 6.07) is 3.29. The third kappa shape index (κ3) is 3.52. The van der Waals surface area contributed by atoms with Gasteiger partial charge in [0, 0.05) is 26.2 Å². The van der Waals surface area contributed by atoms with E-state index in [9.17, 15) is 19.5 Å². The van der Waals surface area contributed by atoms with Gasteiger partial charge in [0.2, 0.25) is 5.91 Å². The van der Waals surface area contributed by atoms with Crippen molar-refractivity contribution in [3.63, 3.8) is 0 Å². The fraction of sp³-hybridized carbons (Fsp3) is 0.526. The minimum Gasteiger partial charge on any atom is -0.481 e. The molecule has 0 saturated carbocycles. The molecule has 26 heavy (non-hydrogen) atoms. The summed E-state index contributed by atoms with van der Waals surface area (Å²) in [5.41, 5.74) is 2.17. The van der Waals surface area contributed by atoms with Crippen molar-refractivity contribution >= 4 is 17.8 Å². The maximum Gasteiger partial charge on any atom is 0.307 e. The summed E-state index contributed by atoms with van der Waals surface area (Å²) in [4.78, 5) is 40.2. The lowest BCUT2D eigenvalue weighted by molar-refractivity contribution is -0.151. The van der Waals surface area contributed by atoms with Crippen LogP contribution in [-0.2, 0) is 9.59 Å². The van der Waals surface area contributed by atoms with Crippen LogP contribution in [0.3, 0.4) is 0 Å². The van der Waals surface area contributed by atoms with Crippen molar-refractivity contribution in [2.75, 3.05) is 26.2 Å². The number of allylic oxidation sites excluding steroid dienone is 2. The molecule has 0 spiro atoms. The zero-order valence-corrected chi connectivity index (χ0v) is 15.1. The molecule has 0 radical (unpaired) electrons. The third-order valence-electron chi connectivity index (χ3n) is 5.51. The predicted molar refractivity (Wildman–Crippen MR) is 93.4 cm³/mol. The maximum atomic E-state index is 12.9. The van der Waals surface area contributed by atoms with Crippen molar-refractivity contribution in [1.29, 1.82) is 0 Å². The molecule has 0 bridgehead atoms. The molecular weight excluding hydrogens is 336 g/mol. The number of furan rings is 1. The van der Waals surface area contributed by atoms with Gasteiger partial charge in [-0.05, 0) is 38.8 Å². The second-order valence-electron chi connectivity index (χ2n) is 7.11. The van der Waals surface area contributed by atoms with Crippen LogP contribution in [0.2, 0.25) is 0 Å². The molecule has 1 saturated heterocycles. The van der Waals surface area contributed by atoms with E-state index in [1.54, 1.807) is 21.9 Å². The van der Waals surface area contributed by atoms with Gasteiger partial charge in [-0.2, -0.15) is 0 Å². The Morgan fingerprint density at radius 1 is 1.00 bits per heavy atom. The normalized spacial score (nSPS) is 23.9. The van der Waals surface area contributed by atoms with E-state index in [-0.39, 0.29) is 11.8 Å². The third-order valence-corrected chi connectivity index (χ3v) is 5.51. The van der Waals surface area contributed by atoms with Gasteiger partial charge in [-0.25, -0.2) is 0 Å². The molecule has 1 fully saturated rings. The Bertz CT molecular complexity index is 729. The van der Waals surface area contributed by atoms with Gasteiger partial charge < -0.3 is 19.3 Å². The van der Waals surface area contributed by atoms with E-state index in [2.05, 4.69) is 0 Å². The number of carbonyl (C=O) groups excluding carboxylic acids is 2. The SMILES string of the molecule is CC1=C(C)C[C@@H](C(=O)N2CCN(C(=O)c3ccco3)CC2)[C@@H](C(=O)O)C1. The van der Waals surface area contributed by atoms with Gasteiger partial charge >= 0.3 is 5.97 Å². The number of carboxylic acid groups (broad SMARTS) is 1. The molecule has 3 rings (SSSR count). The van der Waals surface area contributed by atoms with Crippen molar-refractivity contribution < 1.29 is 23.9 Å². The molecule has 0 aromatic carbocycles. The largest absolute Gasteiger partial charge is 0.481 e. The van der Waals surface area contributed by atoms with E-state index in [0.717, 1.165) is 11.1 Å². The molecule has 2 amide bonds. The molecule has 2 atom stereocenters. The molecular formula is C19H24N2O5. The van der Waals surface area contributed by atoms with Crippen LogP contribution in [0.25, 0.3) is 0 Å². The Labute approximate surface area is 152 Å². The van der Waals surface area contributed by atoms with E-state index in [0.29, 0.717) is 44.8 Å². The molecule has 7 nitrogen and oxygen atoms in total. The average Bonchev–Trinajstić information content (AvgIpc) is 3.17. The minimum absolute atomic E-state index is 0.116. The summed E-state index contributed by atoms with van der Waals surface area (Å²) in [7, 11) is 0. The molecule has 140 valence electrons. The van der Waals surface area contributed by atoms with Crippen molar-refractivity contribution in [3.8, 4) is 0 Å². The maximum absolute atomic E-state index is 12.9. The Balaban J connectivity index is 1.64. The summed E-state index contributed by atoms with van der Waals surface area (Å²) in [5, 5.41) is 9.52. The molecule has 1 aromatic heterocycles. The van der Waals surface area contributed by atoms with E-state index in [1.807, 2.05) is 13.8 Å². The lowest BCUT2D eigenvalue weighted by Gasteiger charge is -2.38. The van der Waals surface area contributed by atoms with Crippen LogP contribution in [-0.4, -0.2) is 58.9 Å². The zero-order valence-electron chi connectivity index (χ0n) is 15.1. The second-order valence-corrected chi connectivity index (χ2v) is 7.11. The number of piperazine rings is 1. The Morgan fingerprint density at radius 2 is 1.58 bits per heavy atom. The summed E-state index contributed by atoms with van der Waals surface area (Å²) >= 11 is 0. The standard InChI is InChI=1S/C19H24N2O5/c1-12-10-14(15(19(24)25)11-13(12)2)17(22)20-5-7-21(8-6-20)18(23)16-4-3-9-26-16/h3-4,9,14-15H,5-8,10-11H2,1-2H3,(H,24,25)/t14-,15+/m1/s1. The molecule has 7 heteroatoms. The van der Waals surface area contributed by atoms with Gasteiger partial charge in [0.25, 0.3) is 5.91 Å². The quantitative estimate of drug-likeness (QED) is 0.833. The monoisotopic (exact) mass is 360 g/mol. The van der Waals surface area contributed by atoms with Gasteiger partial charge in [0.1, 0.15) is 0 Å². The smallest absolute Gasteiger partial charge is 0.307 e. The first-order chi connectivity index (χ1) is 12.4. The van der Waals surface area contributed by atoms with Crippen LogP contribution in [0.1, 0.15) is 37.2 Å². The molecule has 1 aromatic rings. The molecule has 2 heterocycles. The summed E-state index contributed by atoms with van der Waals surface area (Å²) in [6.45, 7) is 5.57. The highest BCUT2D eigenvalue weighted by atomic mass is 16.4. The first-order valence-electron chi connectivity index (χ1n) is 8.88. The first kappa shape index (κ1) is 18.2. The van der Waals surface area contributed by atoms with Gasteiger partial charge in [-0.1, -0.05) is 11.1 Å². The Kier molecular flexibility index (Phi) is 5.15. The highest BCUT2D eigenvalue weighted by molar-refractivity contribution is 5.92. The van der Waals surface area contributed by atoms with Crippen LogP contribution < -0.4 is 0 Å². The van der Waals surface area contributed by atoms with Crippen molar-refractivity contribution in [2.24, 2.45) is 11.8 Å². The van der Waals surface area contributed by atoms with Crippen LogP contribution in [0.5, 0.6) is 0 Å². The predicted octanol–water partition coefficient (Wildman–Crippen LogP) is 2.01. The number of aliphatic carboxylic acids is 1. The lowest BCUT2D eigenvalue weighted by Crippen LogP contribution is -2.53. The Morgan fingerprint density at radius 3 is 2.12 bits per heavy atom. The van der Waals surface area contributed by atoms with Crippen LogP contribution in [0.15, 0.2) is 34.0 Å². The summed E-state index contributed by atoms with van der Waals surface area (Å²) in [5.74, 6) is -2.12. The van der Waals surface area contributed by atoms with Gasteiger partial charge in [-0.15, -0.1) is 0 Å². The van der Waals surface area contributed by atoms with Crippen molar-refractivity contribution in [1.82, 2.24) is 9.80 Å².